The van der Waals surface area contributed by atoms with Crippen molar-refractivity contribution in [2.75, 3.05) is 13.1 Å². The van der Waals surface area contributed by atoms with Crippen molar-refractivity contribution < 1.29 is 9.59 Å². The average Bonchev–Trinajstić information content (AvgIpc) is 2.60. The Bertz CT molecular complexity index is 617. The highest BCUT2D eigenvalue weighted by atomic mass is 16.2. The monoisotopic (exact) mass is 312 g/mol. The van der Waals surface area contributed by atoms with Crippen molar-refractivity contribution in [2.24, 2.45) is 0 Å². The predicted molar refractivity (Wildman–Crippen MR) is 87.6 cm³/mol. The van der Waals surface area contributed by atoms with E-state index >= 15 is 0 Å². The first-order valence-corrected chi connectivity index (χ1v) is 7.46. The van der Waals surface area contributed by atoms with Crippen LogP contribution in [0, 0.1) is 0 Å². The Morgan fingerprint density at radius 2 is 1.70 bits per heavy atom. The van der Waals surface area contributed by atoms with Crippen molar-refractivity contribution >= 4 is 11.9 Å². The van der Waals surface area contributed by atoms with Gasteiger partial charge in [0, 0.05) is 12.7 Å². The molecule has 0 fully saturated rings. The summed E-state index contributed by atoms with van der Waals surface area (Å²) in [5.41, 5.74) is 1.92. The third-order valence-corrected chi connectivity index (χ3v) is 3.14. The highest BCUT2D eigenvalue weighted by Crippen LogP contribution is 1.97. The molecule has 0 spiro atoms. The molecule has 0 atom stereocenters. The Labute approximate surface area is 135 Å². The third-order valence-electron chi connectivity index (χ3n) is 3.14. The van der Waals surface area contributed by atoms with E-state index in [2.05, 4.69) is 20.9 Å². The molecule has 0 aliphatic rings. The molecule has 0 aliphatic carbocycles. The SMILES string of the molecule is O=C(CNC(=O)NCc1ccccn1)NCCc1ccccc1. The zero-order valence-corrected chi connectivity index (χ0v) is 12.8. The number of urea groups is 1. The predicted octanol–water partition coefficient (Wildman–Crippen LogP) is 1.24. The summed E-state index contributed by atoms with van der Waals surface area (Å²) in [6.07, 6.45) is 2.42. The van der Waals surface area contributed by atoms with Crippen molar-refractivity contribution in [1.82, 2.24) is 20.9 Å². The van der Waals surface area contributed by atoms with E-state index in [0.29, 0.717) is 13.1 Å². The van der Waals surface area contributed by atoms with Crippen LogP contribution in [0.4, 0.5) is 4.79 Å². The first kappa shape index (κ1) is 16.5. The van der Waals surface area contributed by atoms with Crippen LogP contribution in [0.5, 0.6) is 0 Å². The summed E-state index contributed by atoms with van der Waals surface area (Å²) in [6, 6.07) is 15.0. The molecule has 0 bridgehead atoms. The van der Waals surface area contributed by atoms with Gasteiger partial charge in [-0.1, -0.05) is 36.4 Å². The van der Waals surface area contributed by atoms with Crippen LogP contribution in [-0.2, 0) is 17.8 Å². The first-order chi connectivity index (χ1) is 11.2. The Hall–Kier alpha value is -2.89. The van der Waals surface area contributed by atoms with Crippen molar-refractivity contribution in [3.8, 4) is 0 Å². The number of rotatable bonds is 7. The van der Waals surface area contributed by atoms with E-state index in [9.17, 15) is 9.59 Å². The van der Waals surface area contributed by atoms with Crippen LogP contribution in [-0.4, -0.2) is 30.0 Å². The maximum absolute atomic E-state index is 11.6. The minimum absolute atomic E-state index is 0.0527. The summed E-state index contributed by atoms with van der Waals surface area (Å²) < 4.78 is 0. The molecular weight excluding hydrogens is 292 g/mol. The van der Waals surface area contributed by atoms with Crippen LogP contribution in [0.3, 0.4) is 0 Å². The maximum Gasteiger partial charge on any atom is 0.315 e. The van der Waals surface area contributed by atoms with E-state index in [0.717, 1.165) is 17.7 Å². The number of hydrogen-bond donors (Lipinski definition) is 3. The summed E-state index contributed by atoms with van der Waals surface area (Å²) in [7, 11) is 0. The number of carbonyl (C=O) groups excluding carboxylic acids is 2. The van der Waals surface area contributed by atoms with E-state index in [1.807, 2.05) is 48.5 Å². The minimum Gasteiger partial charge on any atom is -0.354 e. The molecule has 0 unspecified atom stereocenters. The minimum atomic E-state index is -0.395. The molecule has 6 heteroatoms. The number of pyridine rings is 1. The molecule has 0 saturated carbocycles. The third kappa shape index (κ3) is 6.60. The number of aromatic nitrogens is 1. The molecule has 23 heavy (non-hydrogen) atoms. The van der Waals surface area contributed by atoms with Gasteiger partial charge in [-0.3, -0.25) is 9.78 Å². The van der Waals surface area contributed by atoms with E-state index < -0.39 is 6.03 Å². The van der Waals surface area contributed by atoms with E-state index in [-0.39, 0.29) is 12.5 Å². The normalized spacial score (nSPS) is 9.91. The molecule has 120 valence electrons. The molecule has 1 aromatic heterocycles. The Kier molecular flexibility index (Phi) is 6.59. The summed E-state index contributed by atoms with van der Waals surface area (Å²) in [5, 5.41) is 7.92. The molecule has 0 radical (unpaired) electrons. The standard InChI is InChI=1S/C17H20N4O2/c22-16(19-11-9-14-6-2-1-3-7-14)13-21-17(23)20-12-15-8-4-5-10-18-15/h1-8,10H,9,11-13H2,(H,19,22)(H2,20,21,23). The number of nitrogens with one attached hydrogen (secondary N) is 3. The molecule has 1 aromatic carbocycles. The molecule has 0 saturated heterocycles. The lowest BCUT2D eigenvalue weighted by molar-refractivity contribution is -0.120. The van der Waals surface area contributed by atoms with Gasteiger partial charge >= 0.3 is 6.03 Å². The fourth-order valence-corrected chi connectivity index (χ4v) is 1.95. The second-order valence-corrected chi connectivity index (χ2v) is 4.94. The Balaban J connectivity index is 1.57. The molecule has 3 amide bonds. The lowest BCUT2D eigenvalue weighted by Crippen LogP contribution is -2.42. The van der Waals surface area contributed by atoms with Gasteiger partial charge in [0.2, 0.25) is 5.91 Å². The van der Waals surface area contributed by atoms with Crippen LogP contribution in [0.25, 0.3) is 0 Å². The molecule has 6 nitrogen and oxygen atoms in total. The largest absolute Gasteiger partial charge is 0.354 e. The molecule has 1 heterocycles. The van der Waals surface area contributed by atoms with Gasteiger partial charge in [-0.25, -0.2) is 4.79 Å². The van der Waals surface area contributed by atoms with Gasteiger partial charge in [0.05, 0.1) is 18.8 Å². The zero-order chi connectivity index (χ0) is 16.3. The number of nitrogens with zero attached hydrogens (tertiary/aromatic N) is 1. The summed E-state index contributed by atoms with van der Waals surface area (Å²) in [6.45, 7) is 0.811. The van der Waals surface area contributed by atoms with E-state index in [1.54, 1.807) is 6.20 Å². The summed E-state index contributed by atoms with van der Waals surface area (Å²) in [5.74, 6) is -0.214. The zero-order valence-electron chi connectivity index (χ0n) is 12.8. The molecule has 3 N–H and O–H groups in total. The fraction of sp³-hybridized carbons (Fsp3) is 0.235. The number of benzene rings is 1. The number of amides is 3. The van der Waals surface area contributed by atoms with Crippen molar-refractivity contribution in [2.45, 2.75) is 13.0 Å². The number of hydrogen-bond acceptors (Lipinski definition) is 3. The Morgan fingerprint density at radius 3 is 2.43 bits per heavy atom. The van der Waals surface area contributed by atoms with Crippen LogP contribution in [0.2, 0.25) is 0 Å². The number of carbonyl (C=O) groups is 2. The van der Waals surface area contributed by atoms with Gasteiger partial charge in [0.25, 0.3) is 0 Å². The van der Waals surface area contributed by atoms with Gasteiger partial charge in [0.15, 0.2) is 0 Å². The maximum atomic E-state index is 11.6. The highest BCUT2D eigenvalue weighted by Gasteiger charge is 2.05. The molecular formula is C17H20N4O2. The van der Waals surface area contributed by atoms with Gasteiger partial charge in [-0.05, 0) is 24.1 Å². The van der Waals surface area contributed by atoms with Crippen LogP contribution >= 0.6 is 0 Å². The van der Waals surface area contributed by atoms with Crippen LogP contribution < -0.4 is 16.0 Å². The van der Waals surface area contributed by atoms with Gasteiger partial charge in [-0.2, -0.15) is 0 Å². The van der Waals surface area contributed by atoms with Crippen molar-refractivity contribution in [3.63, 3.8) is 0 Å². The smallest absolute Gasteiger partial charge is 0.315 e. The van der Waals surface area contributed by atoms with Crippen LogP contribution in [0.1, 0.15) is 11.3 Å². The Morgan fingerprint density at radius 1 is 0.913 bits per heavy atom. The molecule has 2 aromatic rings. The van der Waals surface area contributed by atoms with E-state index in [1.165, 1.54) is 0 Å². The molecule has 0 aliphatic heterocycles. The topological polar surface area (TPSA) is 83.1 Å². The fourth-order valence-electron chi connectivity index (χ4n) is 1.95. The van der Waals surface area contributed by atoms with Crippen molar-refractivity contribution in [3.05, 3.63) is 66.0 Å². The lowest BCUT2D eigenvalue weighted by atomic mass is 10.1. The van der Waals surface area contributed by atoms with E-state index in [4.69, 9.17) is 0 Å². The summed E-state index contributed by atoms with van der Waals surface area (Å²) in [4.78, 5) is 27.3. The quantitative estimate of drug-likeness (QED) is 0.719. The second kappa shape index (κ2) is 9.19. The van der Waals surface area contributed by atoms with Gasteiger partial charge in [0.1, 0.15) is 0 Å². The van der Waals surface area contributed by atoms with Crippen molar-refractivity contribution in [1.29, 1.82) is 0 Å². The second-order valence-electron chi connectivity index (χ2n) is 4.94. The average molecular weight is 312 g/mol. The highest BCUT2D eigenvalue weighted by molar-refractivity contribution is 5.83. The van der Waals surface area contributed by atoms with Gasteiger partial charge < -0.3 is 16.0 Å². The van der Waals surface area contributed by atoms with Crippen LogP contribution in [0.15, 0.2) is 54.7 Å². The molecule has 2 rings (SSSR count). The summed E-state index contributed by atoms with van der Waals surface area (Å²) >= 11 is 0. The lowest BCUT2D eigenvalue weighted by Gasteiger charge is -2.08. The van der Waals surface area contributed by atoms with Gasteiger partial charge in [-0.15, -0.1) is 0 Å². The first-order valence-electron chi connectivity index (χ1n) is 7.46.